The van der Waals surface area contributed by atoms with Gasteiger partial charge in [0.15, 0.2) is 0 Å². The van der Waals surface area contributed by atoms with Gasteiger partial charge >= 0.3 is 6.09 Å². The molecular formula is C27H44N2O3. The molecule has 1 saturated heterocycles. The molecule has 1 aliphatic rings. The number of unbranched alkanes of at least 4 members (excludes halogenated alkanes) is 7. The molecule has 1 aliphatic heterocycles. The summed E-state index contributed by atoms with van der Waals surface area (Å²) in [5.74, 6) is 0.195. The van der Waals surface area contributed by atoms with Crippen LogP contribution in [0, 0.1) is 5.92 Å². The van der Waals surface area contributed by atoms with Gasteiger partial charge in [0.25, 0.3) is 0 Å². The Balaban J connectivity index is 1.63. The lowest BCUT2D eigenvalue weighted by Crippen LogP contribution is -2.35. The van der Waals surface area contributed by atoms with Crippen molar-refractivity contribution < 1.29 is 14.3 Å². The van der Waals surface area contributed by atoms with Crippen molar-refractivity contribution in [2.75, 3.05) is 18.4 Å². The standard InChI is InChI=1S/C27H44N2O3/c1-5-6-7-8-9-10-11-12-13-22-14-16-24(17-15-22)28-25(30)20-23-18-19-29(21-23)26(31)32-27(2,3)4/h14-17,23H,5-13,18-21H2,1-4H3,(H,28,30)/t23-/m1/s1. The maximum absolute atomic E-state index is 12.5. The summed E-state index contributed by atoms with van der Waals surface area (Å²) < 4.78 is 5.43. The van der Waals surface area contributed by atoms with Crippen molar-refractivity contribution in [1.29, 1.82) is 0 Å². The third-order valence-corrected chi connectivity index (χ3v) is 5.97. The molecule has 0 radical (unpaired) electrons. The molecule has 0 saturated carbocycles. The van der Waals surface area contributed by atoms with E-state index in [-0.39, 0.29) is 17.9 Å². The number of rotatable bonds is 12. The van der Waals surface area contributed by atoms with Gasteiger partial charge in [0, 0.05) is 25.2 Å². The van der Waals surface area contributed by atoms with Crippen molar-refractivity contribution in [1.82, 2.24) is 4.90 Å². The number of anilines is 1. The highest BCUT2D eigenvalue weighted by atomic mass is 16.6. The molecule has 0 spiro atoms. The Hall–Kier alpha value is -2.04. The number of carbonyl (C=O) groups excluding carboxylic acids is 2. The van der Waals surface area contributed by atoms with Crippen LogP contribution in [-0.4, -0.2) is 35.6 Å². The number of nitrogens with one attached hydrogen (secondary N) is 1. The molecule has 0 unspecified atom stereocenters. The fraction of sp³-hybridized carbons (Fsp3) is 0.704. The van der Waals surface area contributed by atoms with Gasteiger partial charge in [-0.05, 0) is 63.6 Å². The van der Waals surface area contributed by atoms with Crippen LogP contribution in [0.1, 0.15) is 97.5 Å². The minimum absolute atomic E-state index is 0.0110. The molecule has 1 heterocycles. The van der Waals surface area contributed by atoms with Crippen molar-refractivity contribution in [3.05, 3.63) is 29.8 Å². The van der Waals surface area contributed by atoms with E-state index in [1.165, 1.54) is 56.9 Å². The van der Waals surface area contributed by atoms with E-state index < -0.39 is 5.60 Å². The molecule has 1 fully saturated rings. The summed E-state index contributed by atoms with van der Waals surface area (Å²) in [7, 11) is 0. The lowest BCUT2D eigenvalue weighted by Gasteiger charge is -2.24. The number of amides is 2. The quantitative estimate of drug-likeness (QED) is 0.355. The summed E-state index contributed by atoms with van der Waals surface area (Å²) >= 11 is 0. The molecule has 0 bridgehead atoms. The first-order chi connectivity index (χ1) is 15.3. The third kappa shape index (κ3) is 10.5. The Bertz CT molecular complexity index is 694. The van der Waals surface area contributed by atoms with Crippen molar-refractivity contribution in [3.8, 4) is 0 Å². The van der Waals surface area contributed by atoms with Gasteiger partial charge in [0.05, 0.1) is 0 Å². The molecule has 2 amide bonds. The van der Waals surface area contributed by atoms with Gasteiger partial charge in [-0.15, -0.1) is 0 Å². The highest BCUT2D eigenvalue weighted by Crippen LogP contribution is 2.23. The summed E-state index contributed by atoms with van der Waals surface area (Å²) in [6.07, 6.45) is 12.8. The predicted octanol–water partition coefficient (Wildman–Crippen LogP) is 6.96. The number of hydrogen-bond donors (Lipinski definition) is 1. The summed E-state index contributed by atoms with van der Waals surface area (Å²) in [6, 6.07) is 8.24. The minimum Gasteiger partial charge on any atom is -0.444 e. The van der Waals surface area contributed by atoms with E-state index >= 15 is 0 Å². The monoisotopic (exact) mass is 444 g/mol. The molecule has 1 aromatic carbocycles. The fourth-order valence-corrected chi connectivity index (χ4v) is 4.18. The average molecular weight is 445 g/mol. The van der Waals surface area contributed by atoms with E-state index in [1.54, 1.807) is 4.90 Å². The normalized spacial score (nSPS) is 16.2. The van der Waals surface area contributed by atoms with Gasteiger partial charge in [0.2, 0.25) is 5.91 Å². The first-order valence-corrected chi connectivity index (χ1v) is 12.6. The molecule has 5 heteroatoms. The molecular weight excluding hydrogens is 400 g/mol. The van der Waals surface area contributed by atoms with Crippen LogP contribution in [0.4, 0.5) is 10.5 Å². The van der Waals surface area contributed by atoms with Gasteiger partial charge in [-0.1, -0.05) is 64.0 Å². The largest absolute Gasteiger partial charge is 0.444 e. The van der Waals surface area contributed by atoms with Crippen LogP contribution in [0.25, 0.3) is 0 Å². The molecule has 1 N–H and O–H groups in total. The van der Waals surface area contributed by atoms with Gasteiger partial charge < -0.3 is 15.0 Å². The van der Waals surface area contributed by atoms with Crippen molar-refractivity contribution in [2.24, 2.45) is 5.92 Å². The Morgan fingerprint density at radius 2 is 1.62 bits per heavy atom. The van der Waals surface area contributed by atoms with Gasteiger partial charge in [-0.3, -0.25) is 4.79 Å². The Morgan fingerprint density at radius 3 is 2.25 bits per heavy atom. The van der Waals surface area contributed by atoms with Crippen LogP contribution in [0.15, 0.2) is 24.3 Å². The van der Waals surface area contributed by atoms with Crippen molar-refractivity contribution >= 4 is 17.7 Å². The molecule has 32 heavy (non-hydrogen) atoms. The second-order valence-electron chi connectivity index (χ2n) is 10.3. The first-order valence-electron chi connectivity index (χ1n) is 12.6. The van der Waals surface area contributed by atoms with E-state index in [1.807, 2.05) is 32.9 Å². The van der Waals surface area contributed by atoms with Gasteiger partial charge in [-0.25, -0.2) is 4.79 Å². The first kappa shape index (κ1) is 26.2. The Labute approximate surface area is 195 Å². The lowest BCUT2D eigenvalue weighted by atomic mass is 10.0. The number of nitrogens with zero attached hydrogens (tertiary/aromatic N) is 1. The van der Waals surface area contributed by atoms with Crippen LogP contribution in [0.3, 0.4) is 0 Å². The topological polar surface area (TPSA) is 58.6 Å². The molecule has 0 aromatic heterocycles. The zero-order chi connectivity index (χ0) is 23.4. The fourth-order valence-electron chi connectivity index (χ4n) is 4.18. The second-order valence-corrected chi connectivity index (χ2v) is 10.3. The van der Waals surface area contributed by atoms with E-state index in [0.29, 0.717) is 19.5 Å². The Morgan fingerprint density at radius 1 is 1.00 bits per heavy atom. The number of hydrogen-bond acceptors (Lipinski definition) is 3. The number of benzene rings is 1. The predicted molar refractivity (Wildman–Crippen MR) is 132 cm³/mol. The van der Waals surface area contributed by atoms with Crippen LogP contribution in [-0.2, 0) is 16.0 Å². The minimum atomic E-state index is -0.493. The summed E-state index contributed by atoms with van der Waals surface area (Å²) in [5, 5.41) is 3.01. The molecule has 180 valence electrons. The average Bonchev–Trinajstić information content (AvgIpc) is 3.18. The number of carbonyl (C=O) groups is 2. The van der Waals surface area contributed by atoms with Crippen LogP contribution >= 0.6 is 0 Å². The maximum Gasteiger partial charge on any atom is 0.410 e. The zero-order valence-electron chi connectivity index (χ0n) is 20.8. The molecule has 1 aromatic rings. The summed E-state index contributed by atoms with van der Waals surface area (Å²) in [5.41, 5.74) is 1.68. The SMILES string of the molecule is CCCCCCCCCCc1ccc(NC(=O)C[C@H]2CCN(C(=O)OC(C)(C)C)C2)cc1. The smallest absolute Gasteiger partial charge is 0.410 e. The van der Waals surface area contributed by atoms with Crippen LogP contribution < -0.4 is 5.32 Å². The lowest BCUT2D eigenvalue weighted by molar-refractivity contribution is -0.117. The van der Waals surface area contributed by atoms with E-state index in [2.05, 4.69) is 24.4 Å². The van der Waals surface area contributed by atoms with Crippen molar-refractivity contribution in [3.63, 3.8) is 0 Å². The van der Waals surface area contributed by atoms with E-state index in [4.69, 9.17) is 4.74 Å². The molecule has 0 aliphatic carbocycles. The maximum atomic E-state index is 12.5. The molecule has 1 atom stereocenters. The second kappa shape index (κ2) is 13.5. The Kier molecular flexibility index (Phi) is 11.1. The van der Waals surface area contributed by atoms with Gasteiger partial charge in [0.1, 0.15) is 5.60 Å². The summed E-state index contributed by atoms with van der Waals surface area (Å²) in [6.45, 7) is 9.10. The number of aryl methyl sites for hydroxylation is 1. The molecule has 5 nitrogen and oxygen atoms in total. The highest BCUT2D eigenvalue weighted by Gasteiger charge is 2.30. The van der Waals surface area contributed by atoms with Crippen LogP contribution in [0.5, 0.6) is 0 Å². The third-order valence-electron chi connectivity index (χ3n) is 5.97. The highest BCUT2D eigenvalue weighted by molar-refractivity contribution is 5.90. The van der Waals surface area contributed by atoms with Crippen molar-refractivity contribution in [2.45, 2.75) is 104 Å². The van der Waals surface area contributed by atoms with E-state index in [9.17, 15) is 9.59 Å². The van der Waals surface area contributed by atoms with E-state index in [0.717, 1.165) is 18.5 Å². The number of ether oxygens (including phenoxy) is 1. The molecule has 2 rings (SSSR count). The van der Waals surface area contributed by atoms with Crippen LogP contribution in [0.2, 0.25) is 0 Å². The van der Waals surface area contributed by atoms with Gasteiger partial charge in [-0.2, -0.15) is 0 Å². The zero-order valence-corrected chi connectivity index (χ0v) is 20.8. The summed E-state index contributed by atoms with van der Waals surface area (Å²) in [4.78, 5) is 26.3. The number of likely N-dealkylation sites (tertiary alicyclic amines) is 1.